The Balaban J connectivity index is 1.32. The molecule has 0 bridgehead atoms. The van der Waals surface area contributed by atoms with Gasteiger partial charge in [-0.3, -0.25) is 0 Å². The van der Waals surface area contributed by atoms with Gasteiger partial charge in [0, 0.05) is 30.2 Å². The van der Waals surface area contributed by atoms with Crippen LogP contribution in [0, 0.1) is 5.82 Å². The van der Waals surface area contributed by atoms with Crippen LogP contribution in [0.2, 0.25) is 0 Å². The van der Waals surface area contributed by atoms with Gasteiger partial charge in [0.25, 0.3) is 0 Å². The summed E-state index contributed by atoms with van der Waals surface area (Å²) in [5, 5.41) is 8.12. The summed E-state index contributed by atoms with van der Waals surface area (Å²) >= 11 is 0. The molecule has 0 atom stereocenters. The fourth-order valence-corrected chi connectivity index (χ4v) is 2.61. The second-order valence-electron chi connectivity index (χ2n) is 6.31. The first-order valence-electron chi connectivity index (χ1n) is 9.11. The second-order valence-corrected chi connectivity index (χ2v) is 6.31. The van der Waals surface area contributed by atoms with Crippen LogP contribution in [0.25, 0.3) is 5.69 Å². The summed E-state index contributed by atoms with van der Waals surface area (Å²) in [5.74, 6) is 0.712. The van der Waals surface area contributed by atoms with Crippen molar-refractivity contribution in [3.05, 3.63) is 102 Å². The maximum atomic E-state index is 12.9. The lowest BCUT2D eigenvalue weighted by Crippen LogP contribution is -2.14. The molecule has 0 amide bonds. The van der Waals surface area contributed by atoms with Crippen molar-refractivity contribution in [2.45, 2.75) is 6.61 Å². The molecule has 2 aromatic carbocycles. The molecule has 4 rings (SSSR count). The van der Waals surface area contributed by atoms with E-state index in [2.05, 4.69) is 15.2 Å². The van der Waals surface area contributed by atoms with Crippen molar-refractivity contribution in [1.82, 2.24) is 14.8 Å². The molecule has 0 aliphatic rings. The summed E-state index contributed by atoms with van der Waals surface area (Å²) < 4.78 is 20.3. The van der Waals surface area contributed by atoms with Crippen LogP contribution in [-0.2, 0) is 11.4 Å². The van der Waals surface area contributed by atoms with E-state index in [0.717, 1.165) is 11.3 Å². The predicted molar refractivity (Wildman–Crippen MR) is 110 cm³/mol. The van der Waals surface area contributed by atoms with Gasteiger partial charge in [-0.15, -0.1) is 0 Å². The molecule has 150 valence electrons. The molecule has 0 aliphatic heterocycles. The monoisotopic (exact) mass is 403 g/mol. The predicted octanol–water partition coefficient (Wildman–Crippen LogP) is 4.04. The van der Waals surface area contributed by atoms with Crippen molar-refractivity contribution in [2.75, 3.05) is 0 Å². The molecule has 0 radical (unpaired) electrons. The number of pyridine rings is 1. The molecular formula is C22H18FN5O2. The molecule has 0 saturated heterocycles. The largest absolute Gasteiger partial charge is 0.439 e. The number of ether oxygens (including phenoxy) is 1. The first kappa shape index (κ1) is 19.1. The van der Waals surface area contributed by atoms with Crippen molar-refractivity contribution >= 4 is 5.84 Å². The SMILES string of the molecule is N/C(=N/OCc1ccc(-n2cccn2)cc1)c1ccc(Oc2ccc(F)cc2)nc1. The Morgan fingerprint density at radius 3 is 2.50 bits per heavy atom. The highest BCUT2D eigenvalue weighted by molar-refractivity contribution is 5.96. The van der Waals surface area contributed by atoms with Gasteiger partial charge in [0.2, 0.25) is 5.88 Å². The van der Waals surface area contributed by atoms with Crippen LogP contribution in [0.1, 0.15) is 11.1 Å². The number of nitrogens with zero attached hydrogens (tertiary/aromatic N) is 4. The number of hydrogen-bond donors (Lipinski definition) is 1. The normalized spacial score (nSPS) is 11.3. The number of nitrogens with two attached hydrogens (primary N) is 1. The van der Waals surface area contributed by atoms with Crippen molar-refractivity contribution < 1.29 is 14.0 Å². The molecule has 0 spiro atoms. The number of hydrogen-bond acceptors (Lipinski definition) is 5. The van der Waals surface area contributed by atoms with Gasteiger partial charge in [-0.1, -0.05) is 17.3 Å². The molecular weight excluding hydrogens is 385 g/mol. The van der Waals surface area contributed by atoms with E-state index >= 15 is 0 Å². The molecule has 2 heterocycles. The van der Waals surface area contributed by atoms with Crippen LogP contribution in [0.5, 0.6) is 11.6 Å². The lowest BCUT2D eigenvalue weighted by Gasteiger charge is -2.06. The van der Waals surface area contributed by atoms with Crippen molar-refractivity contribution in [2.24, 2.45) is 10.9 Å². The minimum absolute atomic E-state index is 0.198. The highest BCUT2D eigenvalue weighted by Crippen LogP contribution is 2.19. The summed E-state index contributed by atoms with van der Waals surface area (Å²) in [6, 6.07) is 18.7. The van der Waals surface area contributed by atoms with E-state index < -0.39 is 0 Å². The fourth-order valence-electron chi connectivity index (χ4n) is 2.61. The number of halogens is 1. The van der Waals surface area contributed by atoms with Gasteiger partial charge < -0.3 is 15.3 Å². The Hall–Kier alpha value is -4.20. The van der Waals surface area contributed by atoms with Gasteiger partial charge >= 0.3 is 0 Å². The summed E-state index contributed by atoms with van der Waals surface area (Å²) in [6.07, 6.45) is 5.13. The lowest BCUT2D eigenvalue weighted by molar-refractivity contribution is 0.130. The van der Waals surface area contributed by atoms with Crippen molar-refractivity contribution in [3.63, 3.8) is 0 Å². The number of oxime groups is 1. The maximum absolute atomic E-state index is 12.9. The van der Waals surface area contributed by atoms with Crippen LogP contribution in [0.15, 0.2) is 90.5 Å². The third kappa shape index (κ3) is 4.79. The zero-order valence-corrected chi connectivity index (χ0v) is 15.9. The summed E-state index contributed by atoms with van der Waals surface area (Å²) in [7, 11) is 0. The molecule has 7 nitrogen and oxygen atoms in total. The zero-order chi connectivity index (χ0) is 20.8. The Labute approximate surface area is 172 Å². The third-order valence-corrected chi connectivity index (χ3v) is 4.17. The molecule has 2 N–H and O–H groups in total. The lowest BCUT2D eigenvalue weighted by atomic mass is 10.2. The van der Waals surface area contributed by atoms with E-state index in [1.54, 1.807) is 23.0 Å². The molecule has 2 aromatic heterocycles. The van der Waals surface area contributed by atoms with E-state index in [4.69, 9.17) is 15.3 Å². The molecule has 8 heteroatoms. The summed E-state index contributed by atoms with van der Waals surface area (Å²) in [4.78, 5) is 9.53. The van der Waals surface area contributed by atoms with Gasteiger partial charge in [0.15, 0.2) is 5.84 Å². The van der Waals surface area contributed by atoms with Gasteiger partial charge in [-0.05, 0) is 54.1 Å². The van der Waals surface area contributed by atoms with Crippen molar-refractivity contribution in [1.29, 1.82) is 0 Å². The molecule has 0 fully saturated rings. The number of rotatable bonds is 7. The van der Waals surface area contributed by atoms with E-state index in [9.17, 15) is 4.39 Å². The van der Waals surface area contributed by atoms with Crippen LogP contribution >= 0.6 is 0 Å². The molecule has 0 unspecified atom stereocenters. The number of aromatic nitrogens is 3. The molecule has 0 aliphatic carbocycles. The van der Waals surface area contributed by atoms with Crippen LogP contribution in [0.4, 0.5) is 4.39 Å². The van der Waals surface area contributed by atoms with Gasteiger partial charge in [-0.25, -0.2) is 14.1 Å². The van der Waals surface area contributed by atoms with E-state index in [0.29, 0.717) is 17.2 Å². The molecule has 4 aromatic rings. The van der Waals surface area contributed by atoms with Crippen molar-refractivity contribution in [3.8, 4) is 17.3 Å². The quantitative estimate of drug-likeness (QED) is 0.286. The maximum Gasteiger partial charge on any atom is 0.219 e. The van der Waals surface area contributed by atoms with Gasteiger partial charge in [0.05, 0.1) is 5.69 Å². The Morgan fingerprint density at radius 1 is 1.03 bits per heavy atom. The first-order chi connectivity index (χ1) is 14.7. The Kier molecular flexibility index (Phi) is 5.66. The smallest absolute Gasteiger partial charge is 0.219 e. The summed E-state index contributed by atoms with van der Waals surface area (Å²) in [6.45, 7) is 0.277. The number of benzene rings is 2. The van der Waals surface area contributed by atoms with E-state index in [-0.39, 0.29) is 18.3 Å². The van der Waals surface area contributed by atoms with E-state index in [1.165, 1.54) is 30.5 Å². The van der Waals surface area contributed by atoms with Crippen LogP contribution < -0.4 is 10.5 Å². The zero-order valence-electron chi connectivity index (χ0n) is 15.9. The highest BCUT2D eigenvalue weighted by Gasteiger charge is 2.04. The molecule has 0 saturated carbocycles. The Bertz CT molecular complexity index is 1110. The number of amidine groups is 1. The molecule has 30 heavy (non-hydrogen) atoms. The van der Waals surface area contributed by atoms with Gasteiger partial charge in [-0.2, -0.15) is 5.10 Å². The highest BCUT2D eigenvalue weighted by atomic mass is 19.1. The first-order valence-corrected chi connectivity index (χ1v) is 9.11. The summed E-state index contributed by atoms with van der Waals surface area (Å²) in [5.41, 5.74) is 8.46. The second kappa shape index (κ2) is 8.87. The topological polar surface area (TPSA) is 87.6 Å². The fraction of sp³-hybridized carbons (Fsp3) is 0.0455. The van der Waals surface area contributed by atoms with E-state index in [1.807, 2.05) is 36.5 Å². The van der Waals surface area contributed by atoms with Gasteiger partial charge in [0.1, 0.15) is 18.2 Å². The average Bonchev–Trinajstić information content (AvgIpc) is 3.31. The van der Waals surface area contributed by atoms with Crippen LogP contribution in [-0.4, -0.2) is 20.6 Å². The minimum Gasteiger partial charge on any atom is -0.439 e. The minimum atomic E-state index is -0.330. The Morgan fingerprint density at radius 2 is 1.83 bits per heavy atom. The standard InChI is InChI=1S/C22H18FN5O2/c23-18-5-9-20(10-6-18)30-21-11-4-17(14-25-21)22(24)27-29-15-16-2-7-19(8-3-16)28-13-1-12-26-28/h1-14H,15H2,(H2,24,27). The van der Waals surface area contributed by atoms with Crippen LogP contribution in [0.3, 0.4) is 0 Å². The third-order valence-electron chi connectivity index (χ3n) is 4.17. The average molecular weight is 403 g/mol.